The van der Waals surface area contributed by atoms with Gasteiger partial charge in [-0.15, -0.1) is 0 Å². The third-order valence-electron chi connectivity index (χ3n) is 3.10. The minimum Gasteiger partial charge on any atom is -0.370 e. The number of nitrogens with zero attached hydrogens (tertiary/aromatic N) is 2. The summed E-state index contributed by atoms with van der Waals surface area (Å²) in [6.45, 7) is 6.83. The summed E-state index contributed by atoms with van der Waals surface area (Å²) in [4.78, 5) is 8.61. The summed E-state index contributed by atoms with van der Waals surface area (Å²) >= 11 is 0. The van der Waals surface area contributed by atoms with E-state index in [9.17, 15) is 4.39 Å². The Morgan fingerprint density at radius 2 is 2.00 bits per heavy atom. The van der Waals surface area contributed by atoms with E-state index in [1.165, 1.54) is 18.5 Å². The van der Waals surface area contributed by atoms with Gasteiger partial charge in [0.05, 0.1) is 5.69 Å². The minimum absolute atomic E-state index is 0.244. The van der Waals surface area contributed by atoms with Crippen LogP contribution < -0.4 is 5.32 Å². The second kappa shape index (κ2) is 5.78. The highest BCUT2D eigenvalue weighted by atomic mass is 19.1. The molecule has 0 spiro atoms. The highest BCUT2D eigenvalue weighted by molar-refractivity contribution is 5.71. The van der Waals surface area contributed by atoms with Crippen LogP contribution in [-0.2, 0) is 6.42 Å². The Balaban J connectivity index is 2.61. The van der Waals surface area contributed by atoms with Crippen LogP contribution >= 0.6 is 0 Å². The zero-order valence-corrected chi connectivity index (χ0v) is 11.5. The fraction of sp³-hybridized carbons (Fsp3) is 0.333. The van der Waals surface area contributed by atoms with Gasteiger partial charge in [0.2, 0.25) is 0 Å². The SMILES string of the molecule is CCNc1ncnc(-c2cc(F)ccc2C)c1CC. The van der Waals surface area contributed by atoms with Gasteiger partial charge in [-0.25, -0.2) is 14.4 Å². The zero-order valence-electron chi connectivity index (χ0n) is 11.5. The Bertz CT molecular complexity index is 582. The van der Waals surface area contributed by atoms with Crippen molar-refractivity contribution in [3.8, 4) is 11.3 Å². The molecule has 1 aromatic carbocycles. The highest BCUT2D eigenvalue weighted by Gasteiger charge is 2.13. The van der Waals surface area contributed by atoms with Crippen LogP contribution in [0.4, 0.5) is 10.2 Å². The molecule has 0 saturated carbocycles. The normalized spacial score (nSPS) is 10.5. The van der Waals surface area contributed by atoms with Gasteiger partial charge < -0.3 is 5.32 Å². The van der Waals surface area contributed by atoms with Crippen molar-refractivity contribution < 1.29 is 4.39 Å². The molecule has 0 aliphatic carbocycles. The van der Waals surface area contributed by atoms with Gasteiger partial charge in [-0.05, 0) is 38.0 Å². The van der Waals surface area contributed by atoms with E-state index in [2.05, 4.69) is 22.2 Å². The first-order valence-corrected chi connectivity index (χ1v) is 6.51. The van der Waals surface area contributed by atoms with Gasteiger partial charge in [0.25, 0.3) is 0 Å². The maximum atomic E-state index is 13.5. The van der Waals surface area contributed by atoms with Gasteiger partial charge in [0.15, 0.2) is 0 Å². The van der Waals surface area contributed by atoms with Crippen molar-refractivity contribution in [1.82, 2.24) is 9.97 Å². The van der Waals surface area contributed by atoms with Crippen molar-refractivity contribution in [2.75, 3.05) is 11.9 Å². The quantitative estimate of drug-likeness (QED) is 0.911. The first-order chi connectivity index (χ1) is 9.17. The van der Waals surface area contributed by atoms with Crippen molar-refractivity contribution in [2.24, 2.45) is 0 Å². The van der Waals surface area contributed by atoms with Crippen LogP contribution in [0, 0.1) is 12.7 Å². The van der Waals surface area contributed by atoms with E-state index in [0.717, 1.165) is 41.2 Å². The Morgan fingerprint density at radius 3 is 2.68 bits per heavy atom. The largest absolute Gasteiger partial charge is 0.370 e. The number of aryl methyl sites for hydroxylation is 1. The van der Waals surface area contributed by atoms with Crippen LogP contribution in [0.2, 0.25) is 0 Å². The van der Waals surface area contributed by atoms with Gasteiger partial charge >= 0.3 is 0 Å². The van der Waals surface area contributed by atoms with Crippen molar-refractivity contribution in [3.05, 3.63) is 41.5 Å². The van der Waals surface area contributed by atoms with E-state index in [1.54, 1.807) is 6.07 Å². The monoisotopic (exact) mass is 259 g/mol. The lowest BCUT2D eigenvalue weighted by molar-refractivity contribution is 0.628. The second-order valence-corrected chi connectivity index (χ2v) is 4.39. The third-order valence-corrected chi connectivity index (χ3v) is 3.10. The van der Waals surface area contributed by atoms with Crippen LogP contribution in [-0.4, -0.2) is 16.5 Å². The molecule has 3 nitrogen and oxygen atoms in total. The lowest BCUT2D eigenvalue weighted by atomic mass is 10.00. The van der Waals surface area contributed by atoms with Crippen LogP contribution in [0.1, 0.15) is 25.0 Å². The molecule has 0 aliphatic heterocycles. The molecule has 2 aromatic rings. The summed E-state index contributed by atoms with van der Waals surface area (Å²) in [7, 11) is 0. The molecule has 4 heteroatoms. The van der Waals surface area contributed by atoms with Crippen LogP contribution in [0.15, 0.2) is 24.5 Å². The second-order valence-electron chi connectivity index (χ2n) is 4.39. The van der Waals surface area contributed by atoms with Gasteiger partial charge in [0, 0.05) is 17.7 Å². The standard InChI is InChI=1S/C15H18FN3/c1-4-12-14(18-9-19-15(12)17-5-2)13-8-11(16)7-6-10(13)3/h6-9H,4-5H2,1-3H3,(H,17,18,19). The number of hydrogen-bond donors (Lipinski definition) is 1. The van der Waals surface area contributed by atoms with Crippen molar-refractivity contribution in [1.29, 1.82) is 0 Å². The first-order valence-electron chi connectivity index (χ1n) is 6.51. The molecule has 0 amide bonds. The summed E-state index contributed by atoms with van der Waals surface area (Å²) in [5.41, 5.74) is 3.68. The molecular weight excluding hydrogens is 241 g/mol. The Morgan fingerprint density at radius 1 is 1.21 bits per heavy atom. The first kappa shape index (κ1) is 13.5. The molecule has 0 saturated heterocycles. The van der Waals surface area contributed by atoms with Crippen molar-refractivity contribution in [3.63, 3.8) is 0 Å². The summed E-state index contributed by atoms with van der Waals surface area (Å²) < 4.78 is 13.5. The van der Waals surface area contributed by atoms with Gasteiger partial charge in [-0.2, -0.15) is 0 Å². The summed E-state index contributed by atoms with van der Waals surface area (Å²) in [6.07, 6.45) is 2.32. The van der Waals surface area contributed by atoms with Crippen LogP contribution in [0.25, 0.3) is 11.3 Å². The fourth-order valence-electron chi connectivity index (χ4n) is 2.15. The van der Waals surface area contributed by atoms with E-state index in [0.29, 0.717) is 0 Å². The van der Waals surface area contributed by atoms with E-state index >= 15 is 0 Å². The topological polar surface area (TPSA) is 37.8 Å². The number of halogens is 1. The Labute approximate surface area is 112 Å². The molecule has 0 aliphatic rings. The molecule has 0 unspecified atom stereocenters. The molecule has 1 heterocycles. The lowest BCUT2D eigenvalue weighted by Crippen LogP contribution is -2.06. The molecule has 0 bridgehead atoms. The van der Waals surface area contributed by atoms with E-state index in [1.807, 2.05) is 13.8 Å². The van der Waals surface area contributed by atoms with Gasteiger partial charge in [0.1, 0.15) is 18.0 Å². The van der Waals surface area contributed by atoms with E-state index < -0.39 is 0 Å². The molecule has 100 valence electrons. The van der Waals surface area contributed by atoms with Gasteiger partial charge in [-0.1, -0.05) is 13.0 Å². The predicted octanol–water partition coefficient (Wildman–Crippen LogP) is 3.59. The molecule has 1 aromatic heterocycles. The lowest BCUT2D eigenvalue weighted by Gasteiger charge is -2.14. The molecular formula is C15H18FN3. The molecule has 2 rings (SSSR count). The maximum Gasteiger partial charge on any atom is 0.133 e. The molecule has 0 atom stereocenters. The Hall–Kier alpha value is -1.97. The number of aromatic nitrogens is 2. The van der Waals surface area contributed by atoms with Crippen LogP contribution in [0.5, 0.6) is 0 Å². The molecule has 19 heavy (non-hydrogen) atoms. The average Bonchev–Trinajstić information content (AvgIpc) is 2.41. The third kappa shape index (κ3) is 2.72. The van der Waals surface area contributed by atoms with E-state index in [4.69, 9.17) is 0 Å². The molecule has 0 radical (unpaired) electrons. The number of hydrogen-bond acceptors (Lipinski definition) is 3. The summed E-state index contributed by atoms with van der Waals surface area (Å²) in [6, 6.07) is 4.78. The Kier molecular flexibility index (Phi) is 4.10. The minimum atomic E-state index is -0.244. The van der Waals surface area contributed by atoms with E-state index in [-0.39, 0.29) is 5.82 Å². The highest BCUT2D eigenvalue weighted by Crippen LogP contribution is 2.29. The number of nitrogens with one attached hydrogen (secondary N) is 1. The summed E-state index contributed by atoms with van der Waals surface area (Å²) in [5, 5.41) is 3.23. The average molecular weight is 259 g/mol. The van der Waals surface area contributed by atoms with Crippen molar-refractivity contribution in [2.45, 2.75) is 27.2 Å². The number of benzene rings is 1. The summed E-state index contributed by atoms with van der Waals surface area (Å²) in [5.74, 6) is 0.588. The fourth-order valence-corrected chi connectivity index (χ4v) is 2.15. The van der Waals surface area contributed by atoms with Gasteiger partial charge in [-0.3, -0.25) is 0 Å². The predicted molar refractivity (Wildman–Crippen MR) is 75.7 cm³/mol. The zero-order chi connectivity index (χ0) is 13.8. The maximum absolute atomic E-state index is 13.5. The number of rotatable bonds is 4. The molecule has 1 N–H and O–H groups in total. The number of anilines is 1. The van der Waals surface area contributed by atoms with Crippen molar-refractivity contribution >= 4 is 5.82 Å². The van der Waals surface area contributed by atoms with Crippen LogP contribution in [0.3, 0.4) is 0 Å². The molecule has 0 fully saturated rings. The smallest absolute Gasteiger partial charge is 0.133 e.